The van der Waals surface area contributed by atoms with Crippen LogP contribution in [0.4, 0.5) is 10.1 Å². The third kappa shape index (κ3) is 6.36. The highest BCUT2D eigenvalue weighted by molar-refractivity contribution is 6.30. The summed E-state index contributed by atoms with van der Waals surface area (Å²) in [5, 5.41) is 4.19. The van der Waals surface area contributed by atoms with Gasteiger partial charge in [-0.15, -0.1) is 0 Å². The molecule has 0 aliphatic carbocycles. The molecule has 0 amide bonds. The average molecular weight is 532 g/mol. The maximum atomic E-state index is 13.4. The standard InChI is InChI=1S/C32H31ClFNO3/c1-32(2)31(37-21-23-11-13-26(34)14-12-23)30(36-20-22-7-4-3-5-8-22)28-18-27(15-16-29(28)38-32)35-19-24-9-6-10-25(33)17-24/h3-18,30-31,35H,19-21H2,1-2H3. The van der Waals surface area contributed by atoms with Gasteiger partial charge in [0.1, 0.15) is 29.4 Å². The second-order valence-electron chi connectivity index (χ2n) is 10.0. The molecule has 4 aromatic rings. The van der Waals surface area contributed by atoms with E-state index in [2.05, 4.69) is 11.4 Å². The molecule has 2 atom stereocenters. The van der Waals surface area contributed by atoms with Gasteiger partial charge in [-0.3, -0.25) is 0 Å². The molecule has 196 valence electrons. The van der Waals surface area contributed by atoms with Crippen LogP contribution in [-0.2, 0) is 29.2 Å². The predicted molar refractivity (Wildman–Crippen MR) is 149 cm³/mol. The van der Waals surface area contributed by atoms with E-state index >= 15 is 0 Å². The maximum Gasteiger partial charge on any atom is 0.132 e. The lowest BCUT2D eigenvalue weighted by molar-refractivity contribution is -0.170. The van der Waals surface area contributed by atoms with Gasteiger partial charge in [0.05, 0.1) is 13.2 Å². The van der Waals surface area contributed by atoms with Gasteiger partial charge in [-0.05, 0) is 73.0 Å². The van der Waals surface area contributed by atoms with Crippen LogP contribution in [0, 0.1) is 5.82 Å². The van der Waals surface area contributed by atoms with E-state index in [1.54, 1.807) is 12.1 Å². The molecule has 5 rings (SSSR count). The Morgan fingerprint density at radius 2 is 1.53 bits per heavy atom. The second kappa shape index (κ2) is 11.6. The van der Waals surface area contributed by atoms with Crippen molar-refractivity contribution in [1.82, 2.24) is 0 Å². The molecular weight excluding hydrogens is 501 g/mol. The Bertz CT molecular complexity index is 1360. The van der Waals surface area contributed by atoms with Crippen molar-refractivity contribution in [3.8, 4) is 5.75 Å². The fourth-order valence-corrected chi connectivity index (χ4v) is 4.90. The minimum Gasteiger partial charge on any atom is -0.485 e. The number of hydrogen-bond donors (Lipinski definition) is 1. The summed E-state index contributed by atoms with van der Waals surface area (Å²) >= 11 is 6.16. The van der Waals surface area contributed by atoms with Crippen LogP contribution in [0.15, 0.2) is 97.1 Å². The zero-order valence-electron chi connectivity index (χ0n) is 21.5. The molecule has 4 nitrogen and oxygen atoms in total. The number of ether oxygens (including phenoxy) is 3. The molecule has 6 heteroatoms. The highest BCUT2D eigenvalue weighted by atomic mass is 35.5. The monoisotopic (exact) mass is 531 g/mol. The third-order valence-electron chi connectivity index (χ3n) is 6.65. The van der Waals surface area contributed by atoms with Crippen LogP contribution < -0.4 is 10.1 Å². The van der Waals surface area contributed by atoms with Gasteiger partial charge in [-0.2, -0.15) is 0 Å². The highest BCUT2D eigenvalue weighted by Gasteiger charge is 2.45. The fraction of sp³-hybridized carbons (Fsp3) is 0.250. The van der Waals surface area contributed by atoms with Crippen molar-refractivity contribution in [1.29, 1.82) is 0 Å². The lowest BCUT2D eigenvalue weighted by atomic mass is 9.87. The van der Waals surface area contributed by atoms with Crippen LogP contribution in [0.3, 0.4) is 0 Å². The summed E-state index contributed by atoms with van der Waals surface area (Å²) in [7, 11) is 0. The zero-order chi connectivity index (χ0) is 26.5. The van der Waals surface area contributed by atoms with Crippen LogP contribution in [0.1, 0.15) is 42.2 Å². The second-order valence-corrected chi connectivity index (χ2v) is 10.5. The Hall–Kier alpha value is -3.38. The van der Waals surface area contributed by atoms with Crippen molar-refractivity contribution >= 4 is 17.3 Å². The Kier molecular flexibility index (Phi) is 7.98. The van der Waals surface area contributed by atoms with E-state index in [9.17, 15) is 4.39 Å². The molecule has 0 saturated carbocycles. The molecular formula is C32H31ClFNO3. The molecule has 4 aromatic carbocycles. The lowest BCUT2D eigenvalue weighted by Crippen LogP contribution is -2.50. The van der Waals surface area contributed by atoms with Gasteiger partial charge in [0.2, 0.25) is 0 Å². The molecule has 0 aromatic heterocycles. The van der Waals surface area contributed by atoms with Crippen molar-refractivity contribution < 1.29 is 18.6 Å². The zero-order valence-corrected chi connectivity index (χ0v) is 22.3. The number of rotatable bonds is 9. The van der Waals surface area contributed by atoms with Gasteiger partial charge in [0.25, 0.3) is 0 Å². The quantitative estimate of drug-likeness (QED) is 0.237. The van der Waals surface area contributed by atoms with Gasteiger partial charge >= 0.3 is 0 Å². The van der Waals surface area contributed by atoms with E-state index in [-0.39, 0.29) is 11.9 Å². The van der Waals surface area contributed by atoms with Crippen LogP contribution in [0.2, 0.25) is 5.02 Å². The van der Waals surface area contributed by atoms with Crippen LogP contribution >= 0.6 is 11.6 Å². The summed E-state index contributed by atoms with van der Waals surface area (Å²) in [6, 6.07) is 30.3. The van der Waals surface area contributed by atoms with Crippen molar-refractivity contribution in [2.75, 3.05) is 5.32 Å². The molecule has 2 unspecified atom stereocenters. The topological polar surface area (TPSA) is 39.7 Å². The molecule has 1 heterocycles. The third-order valence-corrected chi connectivity index (χ3v) is 6.89. The largest absolute Gasteiger partial charge is 0.485 e. The fourth-order valence-electron chi connectivity index (χ4n) is 4.69. The van der Waals surface area contributed by atoms with Crippen LogP contribution in [0.5, 0.6) is 5.75 Å². The van der Waals surface area contributed by atoms with E-state index in [4.69, 9.17) is 25.8 Å². The van der Waals surface area contributed by atoms with Gasteiger partial charge in [0.15, 0.2) is 0 Å². The number of anilines is 1. The van der Waals surface area contributed by atoms with Gasteiger partial charge < -0.3 is 19.5 Å². The van der Waals surface area contributed by atoms with Gasteiger partial charge in [0, 0.05) is 22.8 Å². The molecule has 1 aliphatic rings. The van der Waals surface area contributed by atoms with Gasteiger partial charge in [-0.25, -0.2) is 4.39 Å². The number of fused-ring (bicyclic) bond motifs is 1. The van der Waals surface area contributed by atoms with Crippen molar-refractivity contribution in [2.24, 2.45) is 0 Å². The highest BCUT2D eigenvalue weighted by Crippen LogP contribution is 2.45. The normalized spacial score (nSPS) is 17.9. The van der Waals surface area contributed by atoms with Gasteiger partial charge in [-0.1, -0.05) is 66.2 Å². The number of halogens is 2. The molecule has 0 spiro atoms. The van der Waals surface area contributed by atoms with E-state index in [0.29, 0.717) is 24.8 Å². The first-order valence-electron chi connectivity index (χ1n) is 12.7. The molecule has 1 N–H and O–H groups in total. The molecule has 38 heavy (non-hydrogen) atoms. The van der Waals surface area contributed by atoms with Crippen LogP contribution in [-0.4, -0.2) is 11.7 Å². The molecule has 0 bridgehead atoms. The first-order valence-corrected chi connectivity index (χ1v) is 13.1. The van der Waals surface area contributed by atoms with Crippen LogP contribution in [0.25, 0.3) is 0 Å². The molecule has 0 saturated heterocycles. The summed E-state index contributed by atoms with van der Waals surface area (Å²) in [6.07, 6.45) is -0.797. The Morgan fingerprint density at radius 3 is 2.29 bits per heavy atom. The molecule has 0 fully saturated rings. The molecule has 1 aliphatic heterocycles. The first kappa shape index (κ1) is 26.2. The van der Waals surface area contributed by atoms with Crippen molar-refractivity contribution in [2.45, 2.75) is 51.4 Å². The first-order chi connectivity index (χ1) is 18.4. The maximum absolute atomic E-state index is 13.4. The SMILES string of the molecule is CC1(C)Oc2ccc(NCc3cccc(Cl)c3)cc2C(OCc2ccccc2)C1OCc1ccc(F)cc1. The minimum absolute atomic E-state index is 0.272. The Balaban J connectivity index is 1.42. The summed E-state index contributed by atoms with van der Waals surface area (Å²) < 4.78 is 32.9. The predicted octanol–water partition coefficient (Wildman–Crippen LogP) is 8.11. The van der Waals surface area contributed by atoms with E-state index in [0.717, 1.165) is 33.7 Å². The summed E-state index contributed by atoms with van der Waals surface area (Å²) in [5.41, 5.74) is 4.24. The smallest absolute Gasteiger partial charge is 0.132 e. The van der Waals surface area contributed by atoms with E-state index in [1.807, 2.05) is 80.6 Å². The van der Waals surface area contributed by atoms with Crippen molar-refractivity contribution in [3.63, 3.8) is 0 Å². The average Bonchev–Trinajstić information content (AvgIpc) is 2.91. The summed E-state index contributed by atoms with van der Waals surface area (Å²) in [6.45, 7) is 5.39. The Labute approximate surface area is 228 Å². The Morgan fingerprint density at radius 1 is 0.816 bits per heavy atom. The van der Waals surface area contributed by atoms with E-state index < -0.39 is 11.7 Å². The number of hydrogen-bond acceptors (Lipinski definition) is 4. The summed E-state index contributed by atoms with van der Waals surface area (Å²) in [5.74, 6) is 0.494. The lowest BCUT2D eigenvalue weighted by Gasteiger charge is -2.44. The van der Waals surface area contributed by atoms with E-state index in [1.165, 1.54) is 12.1 Å². The number of benzene rings is 4. The molecule has 0 radical (unpaired) electrons. The minimum atomic E-state index is -0.663. The number of nitrogens with one attached hydrogen (secondary N) is 1. The van der Waals surface area contributed by atoms with Crippen molar-refractivity contribution in [3.05, 3.63) is 130 Å². The summed E-state index contributed by atoms with van der Waals surface area (Å²) in [4.78, 5) is 0.